The third-order valence-electron chi connectivity index (χ3n) is 12.5. The van der Waals surface area contributed by atoms with E-state index in [1.54, 1.807) is 30.3 Å². The quantitative estimate of drug-likeness (QED) is 0.0629. The molecule has 67 heavy (non-hydrogen) atoms. The third kappa shape index (κ3) is 11.7. The topological polar surface area (TPSA) is 200 Å². The molecule has 5 amide bonds. The Labute approximate surface area is 392 Å². The van der Waals surface area contributed by atoms with Crippen LogP contribution in [-0.2, 0) is 35.2 Å². The maximum atomic E-state index is 13.7. The standard InChI is InChI=1S/C47H54ClFN10O8/c1-65-41-26-38-33(45(52-29-51-38)53-30-7-8-36(49)35(48)24-30)25-39(41)54-42(60)6-3-14-56-15-11-31(12-16-56)57-17-19-58(20-18-57)44(62)28-67-23-22-66-21-13-50-37-5-2-4-32-34(37)27-59(47(32)64)40-9-10-43(61)55-46(40)63/h2-8,24-26,29,31,40,50H,9-23,27-28H2,1H3,(H,54,60)(H,51,52,53)(H,55,61,63)/b6-3+. The molecule has 3 saturated heterocycles. The SMILES string of the molecule is COc1cc2ncnc(Nc3ccc(F)c(Cl)c3)c2cc1NC(=O)/C=C/CN1CCC(N2CCN(C(=O)COCCOCCNc3cccc4c3CN(C3CCC(=O)NC3=O)C4=O)CC2)CC1. The lowest BCUT2D eigenvalue weighted by molar-refractivity contribution is -0.139. The number of ether oxygens (including phenoxy) is 3. The van der Waals surface area contributed by atoms with Gasteiger partial charge in [-0.25, -0.2) is 14.4 Å². The number of halogens is 2. The number of methoxy groups -OCH3 is 1. The molecule has 18 nitrogen and oxygen atoms in total. The monoisotopic (exact) mass is 940 g/mol. The molecule has 4 aliphatic rings. The lowest BCUT2D eigenvalue weighted by Gasteiger charge is -2.42. The first kappa shape index (κ1) is 47.3. The first-order chi connectivity index (χ1) is 32.5. The Kier molecular flexibility index (Phi) is 15.5. The highest BCUT2D eigenvalue weighted by molar-refractivity contribution is 6.31. The summed E-state index contributed by atoms with van der Waals surface area (Å²) in [5.41, 5.74) is 3.72. The number of benzene rings is 3. The zero-order chi connectivity index (χ0) is 46.9. The highest BCUT2D eigenvalue weighted by atomic mass is 35.5. The molecular weight excluding hydrogens is 887 g/mol. The summed E-state index contributed by atoms with van der Waals surface area (Å²) in [6.45, 7) is 7.12. The Morgan fingerprint density at radius 2 is 1.75 bits per heavy atom. The van der Waals surface area contributed by atoms with E-state index in [-0.39, 0.29) is 54.8 Å². The normalized spacial score (nSPS) is 18.4. The van der Waals surface area contributed by atoms with Gasteiger partial charge < -0.3 is 40.0 Å². The molecule has 1 atom stereocenters. The average molecular weight is 941 g/mol. The number of rotatable bonds is 18. The van der Waals surface area contributed by atoms with Crippen LogP contribution in [0.3, 0.4) is 0 Å². The molecular formula is C47H54ClFN10O8. The van der Waals surface area contributed by atoms with Gasteiger partial charge in [0.25, 0.3) is 5.91 Å². The van der Waals surface area contributed by atoms with E-state index in [1.165, 1.54) is 36.5 Å². The summed E-state index contributed by atoms with van der Waals surface area (Å²) >= 11 is 5.97. The van der Waals surface area contributed by atoms with E-state index in [9.17, 15) is 28.4 Å². The number of nitrogens with zero attached hydrogens (tertiary/aromatic N) is 6. The van der Waals surface area contributed by atoms with Crippen LogP contribution in [-0.4, -0.2) is 157 Å². The van der Waals surface area contributed by atoms with Crippen molar-refractivity contribution < 1.29 is 42.6 Å². The van der Waals surface area contributed by atoms with Gasteiger partial charge in [-0.2, -0.15) is 0 Å². The van der Waals surface area contributed by atoms with Crippen molar-refractivity contribution in [3.63, 3.8) is 0 Å². The average Bonchev–Trinajstić information content (AvgIpc) is 3.67. The molecule has 354 valence electrons. The molecule has 5 heterocycles. The fourth-order valence-electron chi connectivity index (χ4n) is 8.93. The Morgan fingerprint density at radius 1 is 0.940 bits per heavy atom. The van der Waals surface area contributed by atoms with E-state index >= 15 is 0 Å². The van der Waals surface area contributed by atoms with Gasteiger partial charge in [-0.1, -0.05) is 23.7 Å². The molecule has 0 saturated carbocycles. The number of anilines is 4. The minimum Gasteiger partial charge on any atom is -0.494 e. The number of hydrogen-bond donors (Lipinski definition) is 4. The number of amides is 5. The zero-order valence-electron chi connectivity index (χ0n) is 37.2. The number of hydrogen-bond acceptors (Lipinski definition) is 14. The second-order valence-electron chi connectivity index (χ2n) is 16.7. The highest BCUT2D eigenvalue weighted by Crippen LogP contribution is 2.35. The summed E-state index contributed by atoms with van der Waals surface area (Å²) in [6.07, 6.45) is 7.29. The number of piperidine rings is 2. The van der Waals surface area contributed by atoms with Crippen LogP contribution in [0.2, 0.25) is 5.02 Å². The van der Waals surface area contributed by atoms with Crippen molar-refractivity contribution in [2.45, 2.75) is 44.3 Å². The summed E-state index contributed by atoms with van der Waals surface area (Å²) in [5, 5.41) is 12.3. The Bertz CT molecular complexity index is 2520. The summed E-state index contributed by atoms with van der Waals surface area (Å²) in [4.78, 5) is 79.9. The van der Waals surface area contributed by atoms with Gasteiger partial charge in [0, 0.05) is 98.3 Å². The Hall–Kier alpha value is -6.25. The van der Waals surface area contributed by atoms with Crippen LogP contribution >= 0.6 is 11.6 Å². The van der Waals surface area contributed by atoms with Crippen molar-refractivity contribution in [3.8, 4) is 5.75 Å². The number of carbonyl (C=O) groups excluding carboxylic acids is 5. The van der Waals surface area contributed by atoms with Crippen LogP contribution in [0.1, 0.15) is 41.6 Å². The van der Waals surface area contributed by atoms with E-state index < -0.39 is 17.8 Å². The van der Waals surface area contributed by atoms with Crippen LogP contribution in [0.25, 0.3) is 10.9 Å². The number of aromatic nitrogens is 2. The molecule has 4 aromatic rings. The fourth-order valence-corrected chi connectivity index (χ4v) is 9.11. The maximum absolute atomic E-state index is 13.7. The molecule has 0 aliphatic carbocycles. The Morgan fingerprint density at radius 3 is 2.52 bits per heavy atom. The predicted octanol–water partition coefficient (Wildman–Crippen LogP) is 4.18. The van der Waals surface area contributed by atoms with Gasteiger partial charge in [0.05, 0.1) is 43.2 Å². The van der Waals surface area contributed by atoms with Crippen LogP contribution in [0.4, 0.5) is 27.3 Å². The van der Waals surface area contributed by atoms with E-state index in [4.69, 9.17) is 25.8 Å². The summed E-state index contributed by atoms with van der Waals surface area (Å²) in [6, 6.07) is 12.9. The molecule has 1 aromatic heterocycles. The number of nitrogens with one attached hydrogen (secondary N) is 4. The van der Waals surface area contributed by atoms with Crippen LogP contribution in [0, 0.1) is 5.82 Å². The van der Waals surface area contributed by atoms with Crippen LogP contribution < -0.4 is 26.0 Å². The number of piperazine rings is 1. The molecule has 3 fully saturated rings. The highest BCUT2D eigenvalue weighted by Gasteiger charge is 2.40. The van der Waals surface area contributed by atoms with Crippen molar-refractivity contribution >= 4 is 74.9 Å². The van der Waals surface area contributed by atoms with Crippen molar-refractivity contribution in [1.82, 2.24) is 34.9 Å². The lowest BCUT2D eigenvalue weighted by atomic mass is 10.0. The summed E-state index contributed by atoms with van der Waals surface area (Å²) in [5.74, 6) is -0.960. The minimum atomic E-state index is -0.667. The molecule has 4 N–H and O–H groups in total. The lowest BCUT2D eigenvalue weighted by Crippen LogP contribution is -2.54. The van der Waals surface area contributed by atoms with Gasteiger partial charge in [0.15, 0.2) is 0 Å². The number of fused-ring (bicyclic) bond motifs is 2. The van der Waals surface area contributed by atoms with Gasteiger partial charge in [-0.05, 0) is 68.8 Å². The van der Waals surface area contributed by atoms with Crippen molar-refractivity contribution in [3.05, 3.63) is 89.0 Å². The van der Waals surface area contributed by atoms with Crippen molar-refractivity contribution in [2.75, 3.05) is 102 Å². The number of imide groups is 1. The molecule has 8 rings (SSSR count). The predicted molar refractivity (Wildman–Crippen MR) is 249 cm³/mol. The van der Waals surface area contributed by atoms with Gasteiger partial charge >= 0.3 is 0 Å². The second-order valence-corrected chi connectivity index (χ2v) is 17.1. The maximum Gasteiger partial charge on any atom is 0.255 e. The van der Waals surface area contributed by atoms with Crippen LogP contribution in [0.15, 0.2) is 67.0 Å². The Balaban J connectivity index is 0.689. The zero-order valence-corrected chi connectivity index (χ0v) is 38.0. The van der Waals surface area contributed by atoms with Gasteiger partial charge in [0.1, 0.15) is 36.4 Å². The molecule has 0 radical (unpaired) electrons. The molecule has 3 aromatic carbocycles. The van der Waals surface area contributed by atoms with E-state index in [2.05, 4.69) is 41.0 Å². The second kappa shape index (κ2) is 22.0. The summed E-state index contributed by atoms with van der Waals surface area (Å²) < 4.78 is 30.6. The van der Waals surface area contributed by atoms with Crippen molar-refractivity contribution in [1.29, 1.82) is 0 Å². The van der Waals surface area contributed by atoms with Gasteiger partial charge in [-0.3, -0.25) is 39.1 Å². The van der Waals surface area contributed by atoms with Crippen LogP contribution in [0.5, 0.6) is 5.75 Å². The van der Waals surface area contributed by atoms with Gasteiger partial charge in [-0.15, -0.1) is 0 Å². The van der Waals surface area contributed by atoms with E-state index in [1.807, 2.05) is 17.0 Å². The third-order valence-corrected chi connectivity index (χ3v) is 12.8. The minimum absolute atomic E-state index is 0.00249. The molecule has 1 unspecified atom stereocenters. The fraction of sp³-hybridized carbons (Fsp3) is 0.426. The van der Waals surface area contributed by atoms with E-state index in [0.29, 0.717) is 91.3 Å². The van der Waals surface area contributed by atoms with E-state index in [0.717, 1.165) is 50.3 Å². The molecule has 4 aliphatic heterocycles. The summed E-state index contributed by atoms with van der Waals surface area (Å²) in [7, 11) is 1.52. The number of carbonyl (C=O) groups is 5. The molecule has 20 heteroatoms. The molecule has 0 spiro atoms. The number of likely N-dealkylation sites (tertiary alicyclic amines) is 1. The largest absolute Gasteiger partial charge is 0.494 e. The molecule has 0 bridgehead atoms. The van der Waals surface area contributed by atoms with Gasteiger partial charge in [0.2, 0.25) is 23.6 Å². The van der Waals surface area contributed by atoms with Crippen molar-refractivity contribution in [2.24, 2.45) is 0 Å². The first-order valence-electron chi connectivity index (χ1n) is 22.5. The first-order valence-corrected chi connectivity index (χ1v) is 22.8. The smallest absolute Gasteiger partial charge is 0.255 e.